The van der Waals surface area contributed by atoms with Crippen molar-refractivity contribution in [2.45, 2.75) is 25.9 Å². The fourth-order valence-corrected chi connectivity index (χ4v) is 2.85. The lowest BCUT2D eigenvalue weighted by Gasteiger charge is -2.17. The van der Waals surface area contributed by atoms with Gasteiger partial charge in [-0.3, -0.25) is 4.79 Å². The van der Waals surface area contributed by atoms with Crippen LogP contribution in [-0.4, -0.2) is 11.9 Å². The van der Waals surface area contributed by atoms with Gasteiger partial charge in [-0.05, 0) is 26.0 Å². The SMILES string of the molecule is C[C@H]([NH2+][C@H](C)C(=O)Nc1cc(Cl)c(Cl)cc1Cl)c1ccccc1. The van der Waals surface area contributed by atoms with E-state index in [0.717, 1.165) is 0 Å². The molecule has 0 saturated carbocycles. The van der Waals surface area contributed by atoms with Crippen LogP contribution in [0, 0.1) is 0 Å². The number of carbonyl (C=O) groups is 1. The fraction of sp³-hybridized carbons (Fsp3) is 0.235. The Morgan fingerprint density at radius 2 is 1.61 bits per heavy atom. The van der Waals surface area contributed by atoms with Crippen LogP contribution in [-0.2, 0) is 4.79 Å². The molecule has 0 radical (unpaired) electrons. The number of carbonyl (C=O) groups excluding carboxylic acids is 1. The largest absolute Gasteiger partial charge is 0.330 e. The second kappa shape index (κ2) is 8.02. The monoisotopic (exact) mass is 371 g/mol. The molecule has 0 spiro atoms. The number of benzene rings is 2. The predicted octanol–water partition coefficient (Wildman–Crippen LogP) is 4.30. The fourth-order valence-electron chi connectivity index (χ4n) is 2.25. The molecule has 0 fully saturated rings. The van der Waals surface area contributed by atoms with Crippen LogP contribution < -0.4 is 10.6 Å². The summed E-state index contributed by atoms with van der Waals surface area (Å²) in [6.45, 7) is 3.91. The van der Waals surface area contributed by atoms with Crippen LogP contribution in [0.1, 0.15) is 25.5 Å². The number of quaternary nitrogens is 1. The lowest BCUT2D eigenvalue weighted by molar-refractivity contribution is -0.709. The molecule has 1 amide bonds. The minimum absolute atomic E-state index is 0.145. The summed E-state index contributed by atoms with van der Waals surface area (Å²) in [5.74, 6) is -0.145. The van der Waals surface area contributed by atoms with Gasteiger partial charge in [0.2, 0.25) is 0 Å². The van der Waals surface area contributed by atoms with Gasteiger partial charge in [0, 0.05) is 5.56 Å². The van der Waals surface area contributed by atoms with Crippen molar-refractivity contribution in [3.63, 3.8) is 0 Å². The molecule has 0 heterocycles. The summed E-state index contributed by atoms with van der Waals surface area (Å²) in [4.78, 5) is 12.4. The number of nitrogens with one attached hydrogen (secondary N) is 1. The van der Waals surface area contributed by atoms with Crippen LogP contribution in [0.2, 0.25) is 15.1 Å². The van der Waals surface area contributed by atoms with Crippen LogP contribution >= 0.6 is 34.8 Å². The molecule has 23 heavy (non-hydrogen) atoms. The number of hydrogen-bond acceptors (Lipinski definition) is 1. The van der Waals surface area contributed by atoms with E-state index in [0.29, 0.717) is 20.8 Å². The number of halogens is 3. The van der Waals surface area contributed by atoms with Crippen molar-refractivity contribution < 1.29 is 10.1 Å². The van der Waals surface area contributed by atoms with E-state index in [4.69, 9.17) is 34.8 Å². The van der Waals surface area contributed by atoms with Gasteiger partial charge in [-0.2, -0.15) is 0 Å². The highest BCUT2D eigenvalue weighted by Crippen LogP contribution is 2.32. The summed E-state index contributed by atoms with van der Waals surface area (Å²) in [5.41, 5.74) is 1.62. The van der Waals surface area contributed by atoms with Gasteiger partial charge in [-0.15, -0.1) is 0 Å². The molecule has 6 heteroatoms. The quantitative estimate of drug-likeness (QED) is 0.755. The van der Waals surface area contributed by atoms with E-state index in [9.17, 15) is 4.79 Å². The third kappa shape index (κ3) is 4.85. The number of amides is 1. The third-order valence-corrected chi connectivity index (χ3v) is 4.62. The summed E-state index contributed by atoms with van der Waals surface area (Å²) in [6.07, 6.45) is 0. The van der Waals surface area contributed by atoms with Crippen molar-refractivity contribution in [2.24, 2.45) is 0 Å². The Labute approximate surface area is 150 Å². The van der Waals surface area contributed by atoms with Crippen LogP contribution in [0.5, 0.6) is 0 Å². The molecular formula is C17H18Cl3N2O+. The maximum absolute atomic E-state index is 12.4. The lowest BCUT2D eigenvalue weighted by atomic mass is 10.1. The zero-order chi connectivity index (χ0) is 17.0. The van der Waals surface area contributed by atoms with Gasteiger partial charge in [-0.25, -0.2) is 0 Å². The Kier molecular flexibility index (Phi) is 6.31. The smallest absolute Gasteiger partial charge is 0.282 e. The predicted molar refractivity (Wildman–Crippen MR) is 96.3 cm³/mol. The maximum atomic E-state index is 12.4. The molecule has 0 saturated heterocycles. The van der Waals surface area contributed by atoms with Gasteiger partial charge in [0.05, 0.1) is 20.8 Å². The van der Waals surface area contributed by atoms with E-state index in [1.165, 1.54) is 11.6 Å². The first-order chi connectivity index (χ1) is 10.9. The molecule has 3 nitrogen and oxygen atoms in total. The number of nitrogens with two attached hydrogens (primary N) is 1. The van der Waals surface area contributed by atoms with Crippen LogP contribution in [0.15, 0.2) is 42.5 Å². The van der Waals surface area contributed by atoms with Gasteiger partial charge in [0.15, 0.2) is 6.04 Å². The summed E-state index contributed by atoms with van der Waals surface area (Å²) in [7, 11) is 0. The van der Waals surface area contributed by atoms with E-state index < -0.39 is 0 Å². The van der Waals surface area contributed by atoms with Crippen molar-refractivity contribution in [3.8, 4) is 0 Å². The Morgan fingerprint density at radius 3 is 2.26 bits per heavy atom. The second-order valence-electron chi connectivity index (χ2n) is 5.42. The van der Waals surface area contributed by atoms with Crippen molar-refractivity contribution in [1.82, 2.24) is 0 Å². The van der Waals surface area contributed by atoms with E-state index in [1.807, 2.05) is 42.6 Å². The van der Waals surface area contributed by atoms with E-state index in [1.54, 1.807) is 6.07 Å². The van der Waals surface area contributed by atoms with Crippen molar-refractivity contribution in [2.75, 3.05) is 5.32 Å². The highest BCUT2D eigenvalue weighted by atomic mass is 35.5. The molecule has 3 N–H and O–H groups in total. The van der Waals surface area contributed by atoms with E-state index in [-0.39, 0.29) is 18.0 Å². The van der Waals surface area contributed by atoms with Gasteiger partial charge >= 0.3 is 0 Å². The minimum Gasteiger partial charge on any atom is -0.330 e. The van der Waals surface area contributed by atoms with E-state index >= 15 is 0 Å². The Hall–Kier alpha value is -1.26. The number of hydrogen-bond donors (Lipinski definition) is 2. The van der Waals surface area contributed by atoms with Gasteiger partial charge in [0.25, 0.3) is 5.91 Å². The summed E-state index contributed by atoms with van der Waals surface area (Å²) < 4.78 is 0. The molecule has 2 atom stereocenters. The zero-order valence-electron chi connectivity index (χ0n) is 12.8. The molecule has 2 aromatic carbocycles. The van der Waals surface area contributed by atoms with Crippen LogP contribution in [0.3, 0.4) is 0 Å². The normalized spacial score (nSPS) is 13.4. The van der Waals surface area contributed by atoms with Gasteiger partial charge in [-0.1, -0.05) is 65.1 Å². The average molecular weight is 373 g/mol. The first kappa shape index (κ1) is 18.1. The molecule has 0 aliphatic carbocycles. The molecule has 0 aliphatic heterocycles. The summed E-state index contributed by atoms with van der Waals surface area (Å²) in [5, 5.41) is 5.84. The third-order valence-electron chi connectivity index (χ3n) is 3.58. The maximum Gasteiger partial charge on any atom is 0.282 e. The molecule has 2 rings (SSSR count). The Balaban J connectivity index is 2.02. The van der Waals surface area contributed by atoms with Crippen molar-refractivity contribution in [3.05, 3.63) is 63.1 Å². The van der Waals surface area contributed by atoms with Gasteiger partial charge < -0.3 is 10.6 Å². The van der Waals surface area contributed by atoms with E-state index in [2.05, 4.69) is 12.2 Å². The molecule has 0 bridgehead atoms. The van der Waals surface area contributed by atoms with Gasteiger partial charge in [0.1, 0.15) is 6.04 Å². The first-order valence-electron chi connectivity index (χ1n) is 7.24. The number of anilines is 1. The molecule has 0 aliphatic rings. The van der Waals surface area contributed by atoms with Crippen molar-refractivity contribution >= 4 is 46.4 Å². The molecule has 122 valence electrons. The summed E-state index contributed by atoms with van der Waals surface area (Å²) in [6, 6.07) is 13.0. The average Bonchev–Trinajstić information content (AvgIpc) is 2.53. The highest BCUT2D eigenvalue weighted by Gasteiger charge is 2.21. The minimum atomic E-state index is -0.282. The molecular weight excluding hydrogens is 355 g/mol. The highest BCUT2D eigenvalue weighted by molar-refractivity contribution is 6.44. The molecule has 0 unspecified atom stereocenters. The van der Waals surface area contributed by atoms with Crippen LogP contribution in [0.4, 0.5) is 5.69 Å². The standard InChI is InChI=1S/C17H17Cl3N2O/c1-10(12-6-4-3-5-7-12)21-11(2)17(23)22-16-9-14(19)13(18)8-15(16)20/h3-11,21H,1-2H3,(H,22,23)/p+1/t10-,11+/m0/s1. The summed E-state index contributed by atoms with van der Waals surface area (Å²) >= 11 is 17.9. The molecule has 0 aromatic heterocycles. The zero-order valence-corrected chi connectivity index (χ0v) is 15.1. The van der Waals surface area contributed by atoms with Crippen LogP contribution in [0.25, 0.3) is 0 Å². The molecule has 2 aromatic rings. The lowest BCUT2D eigenvalue weighted by Crippen LogP contribution is -2.91. The second-order valence-corrected chi connectivity index (χ2v) is 6.64. The topological polar surface area (TPSA) is 45.7 Å². The Morgan fingerprint density at radius 1 is 1.00 bits per heavy atom. The van der Waals surface area contributed by atoms with Crippen molar-refractivity contribution in [1.29, 1.82) is 0 Å². The Bertz CT molecular complexity index is 692. The number of rotatable bonds is 5. The first-order valence-corrected chi connectivity index (χ1v) is 8.37.